The summed E-state index contributed by atoms with van der Waals surface area (Å²) in [5.41, 5.74) is 1.36. The number of rotatable bonds is 7. The van der Waals surface area contributed by atoms with E-state index in [0.717, 1.165) is 23.4 Å². The van der Waals surface area contributed by atoms with Crippen molar-refractivity contribution in [2.24, 2.45) is 0 Å². The summed E-state index contributed by atoms with van der Waals surface area (Å²) in [6.45, 7) is 4.71. The maximum atomic E-state index is 13.2. The summed E-state index contributed by atoms with van der Waals surface area (Å²) in [7, 11) is 0. The van der Waals surface area contributed by atoms with Crippen molar-refractivity contribution < 1.29 is 18.6 Å². The number of hydrogen-bond donors (Lipinski definition) is 2. The highest BCUT2D eigenvalue weighted by Crippen LogP contribution is 2.21. The molecule has 0 aliphatic rings. The second kappa shape index (κ2) is 8.04. The van der Waals surface area contributed by atoms with Crippen molar-refractivity contribution >= 4 is 0 Å². The molecule has 124 valence electrons. The SMILES string of the molecule is CCOc1cccc(C(C)NCC(O)c2ccc(F)c(F)c2)c1. The van der Waals surface area contributed by atoms with E-state index in [9.17, 15) is 13.9 Å². The van der Waals surface area contributed by atoms with E-state index in [-0.39, 0.29) is 12.6 Å². The molecule has 2 atom stereocenters. The number of hydrogen-bond acceptors (Lipinski definition) is 3. The van der Waals surface area contributed by atoms with Gasteiger partial charge in [-0.2, -0.15) is 0 Å². The summed E-state index contributed by atoms with van der Waals surface area (Å²) < 4.78 is 31.6. The van der Waals surface area contributed by atoms with Gasteiger partial charge in [0.25, 0.3) is 0 Å². The summed E-state index contributed by atoms with van der Waals surface area (Å²) in [5, 5.41) is 13.3. The molecule has 2 aromatic carbocycles. The predicted octanol–water partition coefficient (Wildman–Crippen LogP) is 3.75. The third kappa shape index (κ3) is 4.74. The lowest BCUT2D eigenvalue weighted by atomic mass is 10.1. The van der Waals surface area contributed by atoms with Gasteiger partial charge in [-0.1, -0.05) is 18.2 Å². The largest absolute Gasteiger partial charge is 0.494 e. The molecule has 5 heteroatoms. The van der Waals surface area contributed by atoms with Gasteiger partial charge >= 0.3 is 0 Å². The standard InChI is InChI=1S/C18H21F2NO2/c1-3-23-15-6-4-5-13(9-15)12(2)21-11-18(22)14-7-8-16(19)17(20)10-14/h4-10,12,18,21-22H,3,11H2,1-2H3. The third-order valence-electron chi connectivity index (χ3n) is 3.61. The minimum atomic E-state index is -0.959. The molecule has 0 spiro atoms. The lowest BCUT2D eigenvalue weighted by molar-refractivity contribution is 0.170. The van der Waals surface area contributed by atoms with Crippen molar-refractivity contribution in [3.63, 3.8) is 0 Å². The predicted molar refractivity (Wildman–Crippen MR) is 85.3 cm³/mol. The average Bonchev–Trinajstić information content (AvgIpc) is 2.55. The highest BCUT2D eigenvalue weighted by Gasteiger charge is 2.13. The van der Waals surface area contributed by atoms with Crippen LogP contribution >= 0.6 is 0 Å². The van der Waals surface area contributed by atoms with E-state index in [4.69, 9.17) is 4.74 Å². The zero-order valence-corrected chi connectivity index (χ0v) is 13.2. The Morgan fingerprint density at radius 2 is 1.87 bits per heavy atom. The van der Waals surface area contributed by atoms with Crippen LogP contribution in [0.15, 0.2) is 42.5 Å². The molecule has 2 aromatic rings. The van der Waals surface area contributed by atoms with Gasteiger partial charge in [-0.15, -0.1) is 0 Å². The monoisotopic (exact) mass is 321 g/mol. The van der Waals surface area contributed by atoms with Crippen LogP contribution in [0.3, 0.4) is 0 Å². The van der Waals surface area contributed by atoms with Gasteiger partial charge in [0.15, 0.2) is 11.6 Å². The van der Waals surface area contributed by atoms with Crippen LogP contribution in [0.2, 0.25) is 0 Å². The minimum Gasteiger partial charge on any atom is -0.494 e. The van der Waals surface area contributed by atoms with Gasteiger partial charge in [0.05, 0.1) is 12.7 Å². The molecule has 0 bridgehead atoms. The Balaban J connectivity index is 1.96. The highest BCUT2D eigenvalue weighted by molar-refractivity contribution is 5.30. The highest BCUT2D eigenvalue weighted by atomic mass is 19.2. The van der Waals surface area contributed by atoms with Crippen LogP contribution in [0.1, 0.15) is 37.1 Å². The number of ether oxygens (including phenoxy) is 1. The van der Waals surface area contributed by atoms with Crippen LogP contribution in [0, 0.1) is 11.6 Å². The maximum Gasteiger partial charge on any atom is 0.159 e. The normalized spacial score (nSPS) is 13.6. The molecule has 2 N–H and O–H groups in total. The fraction of sp³-hybridized carbons (Fsp3) is 0.333. The summed E-state index contributed by atoms with van der Waals surface area (Å²) in [5.74, 6) is -1.09. The summed E-state index contributed by atoms with van der Waals surface area (Å²) in [4.78, 5) is 0. The van der Waals surface area contributed by atoms with Crippen LogP contribution in [0.5, 0.6) is 5.75 Å². The smallest absolute Gasteiger partial charge is 0.159 e. The van der Waals surface area contributed by atoms with Gasteiger partial charge < -0.3 is 15.2 Å². The van der Waals surface area contributed by atoms with Gasteiger partial charge in [-0.3, -0.25) is 0 Å². The lowest BCUT2D eigenvalue weighted by Crippen LogP contribution is -2.24. The minimum absolute atomic E-state index is 0.0182. The van der Waals surface area contributed by atoms with E-state index in [2.05, 4.69) is 5.32 Å². The van der Waals surface area contributed by atoms with E-state index in [1.165, 1.54) is 6.07 Å². The molecule has 2 rings (SSSR count). The fourth-order valence-electron chi connectivity index (χ4n) is 2.28. The number of nitrogens with one attached hydrogen (secondary N) is 1. The number of benzene rings is 2. The number of aliphatic hydroxyl groups is 1. The first-order valence-electron chi connectivity index (χ1n) is 7.60. The number of aliphatic hydroxyl groups excluding tert-OH is 1. The summed E-state index contributed by atoms with van der Waals surface area (Å²) >= 11 is 0. The first-order chi connectivity index (χ1) is 11.0. The molecule has 0 aromatic heterocycles. The van der Waals surface area contributed by atoms with E-state index in [0.29, 0.717) is 12.2 Å². The molecule has 2 unspecified atom stereocenters. The number of halogens is 2. The quantitative estimate of drug-likeness (QED) is 0.816. The second-order valence-corrected chi connectivity index (χ2v) is 5.32. The first kappa shape index (κ1) is 17.4. The second-order valence-electron chi connectivity index (χ2n) is 5.32. The van der Waals surface area contributed by atoms with Crippen LogP contribution in [0.25, 0.3) is 0 Å². The molecule has 0 saturated heterocycles. The van der Waals surface area contributed by atoms with Crippen LogP contribution in [-0.2, 0) is 0 Å². The van der Waals surface area contributed by atoms with Crippen molar-refractivity contribution in [1.82, 2.24) is 5.32 Å². The van der Waals surface area contributed by atoms with Crippen LogP contribution < -0.4 is 10.1 Å². The average molecular weight is 321 g/mol. The maximum absolute atomic E-state index is 13.2. The summed E-state index contributed by atoms with van der Waals surface area (Å²) in [6, 6.07) is 11.1. The Bertz CT molecular complexity index is 649. The van der Waals surface area contributed by atoms with Crippen molar-refractivity contribution in [2.75, 3.05) is 13.2 Å². The van der Waals surface area contributed by atoms with Crippen molar-refractivity contribution in [2.45, 2.75) is 26.0 Å². The molecular weight excluding hydrogens is 300 g/mol. The molecule has 23 heavy (non-hydrogen) atoms. The molecule has 0 radical (unpaired) electrons. The van der Waals surface area contributed by atoms with E-state index in [1.807, 2.05) is 38.1 Å². The zero-order valence-electron chi connectivity index (χ0n) is 13.2. The molecule has 0 heterocycles. The molecule has 0 amide bonds. The molecule has 0 saturated carbocycles. The Hall–Kier alpha value is -1.98. The molecule has 0 aliphatic heterocycles. The van der Waals surface area contributed by atoms with Crippen LogP contribution in [0.4, 0.5) is 8.78 Å². The van der Waals surface area contributed by atoms with E-state index < -0.39 is 17.7 Å². The molecule has 0 fully saturated rings. The molecule has 0 aliphatic carbocycles. The van der Waals surface area contributed by atoms with Gasteiger partial charge in [0.2, 0.25) is 0 Å². The van der Waals surface area contributed by atoms with Crippen molar-refractivity contribution in [1.29, 1.82) is 0 Å². The zero-order chi connectivity index (χ0) is 16.8. The van der Waals surface area contributed by atoms with Crippen molar-refractivity contribution in [3.05, 3.63) is 65.2 Å². The Morgan fingerprint density at radius 1 is 1.09 bits per heavy atom. The Morgan fingerprint density at radius 3 is 2.57 bits per heavy atom. The van der Waals surface area contributed by atoms with Crippen molar-refractivity contribution in [3.8, 4) is 5.75 Å². The molecule has 3 nitrogen and oxygen atoms in total. The lowest BCUT2D eigenvalue weighted by Gasteiger charge is -2.18. The Kier molecular flexibility index (Phi) is 6.07. The van der Waals surface area contributed by atoms with Gasteiger partial charge in [-0.05, 0) is 49.2 Å². The van der Waals surface area contributed by atoms with Gasteiger partial charge in [0.1, 0.15) is 5.75 Å². The van der Waals surface area contributed by atoms with E-state index >= 15 is 0 Å². The van der Waals surface area contributed by atoms with Crippen LogP contribution in [-0.4, -0.2) is 18.3 Å². The topological polar surface area (TPSA) is 41.5 Å². The fourth-order valence-corrected chi connectivity index (χ4v) is 2.28. The summed E-state index contributed by atoms with van der Waals surface area (Å²) in [6.07, 6.45) is -0.914. The Labute approximate surface area is 134 Å². The van der Waals surface area contributed by atoms with E-state index in [1.54, 1.807) is 0 Å². The molecular formula is C18H21F2NO2. The first-order valence-corrected chi connectivity index (χ1v) is 7.60. The van der Waals surface area contributed by atoms with Gasteiger partial charge in [0, 0.05) is 12.6 Å². The third-order valence-corrected chi connectivity index (χ3v) is 3.61. The van der Waals surface area contributed by atoms with Gasteiger partial charge in [-0.25, -0.2) is 8.78 Å².